The Morgan fingerprint density at radius 2 is 2.54 bits per heavy atom. The molecule has 2 rings (SSSR count). The fourth-order valence-electron chi connectivity index (χ4n) is 1.12. The van der Waals surface area contributed by atoms with Gasteiger partial charge in [0.15, 0.2) is 11.2 Å². The second-order valence-electron chi connectivity index (χ2n) is 2.60. The van der Waals surface area contributed by atoms with Crippen molar-refractivity contribution in [1.29, 1.82) is 0 Å². The van der Waals surface area contributed by atoms with Crippen LogP contribution in [0.5, 0.6) is 0 Å². The molecule has 0 aliphatic carbocycles. The molecule has 6 nitrogen and oxygen atoms in total. The Kier molecular flexibility index (Phi) is 1.82. The van der Waals surface area contributed by atoms with Gasteiger partial charge in [0.1, 0.15) is 5.82 Å². The molecule has 13 heavy (non-hydrogen) atoms. The predicted molar refractivity (Wildman–Crippen MR) is 48.3 cm³/mol. The fraction of sp³-hybridized carbons (Fsp3) is 0.286. The molecule has 6 heteroatoms. The first-order valence-corrected chi connectivity index (χ1v) is 3.89. The maximum atomic E-state index is 8.56. The van der Waals surface area contributed by atoms with Crippen LogP contribution in [0.3, 0.4) is 0 Å². The van der Waals surface area contributed by atoms with Crippen molar-refractivity contribution in [1.82, 2.24) is 9.97 Å². The first-order valence-electron chi connectivity index (χ1n) is 3.89. The lowest BCUT2D eigenvalue weighted by Crippen LogP contribution is -2.05. The highest BCUT2D eigenvalue weighted by atomic mass is 16.4. The van der Waals surface area contributed by atoms with Gasteiger partial charge in [-0.05, 0) is 0 Å². The SMILES string of the molecule is Nc1nc2[nH]c(NCCO)cc2o1. The Hall–Kier alpha value is -1.69. The number of hydrogen-bond donors (Lipinski definition) is 4. The van der Waals surface area contributed by atoms with Gasteiger partial charge in [0.05, 0.1) is 6.61 Å². The van der Waals surface area contributed by atoms with Crippen LogP contribution in [0.15, 0.2) is 10.5 Å². The number of aromatic amines is 1. The lowest BCUT2D eigenvalue weighted by Gasteiger charge is -1.97. The summed E-state index contributed by atoms with van der Waals surface area (Å²) < 4.78 is 5.06. The van der Waals surface area contributed by atoms with Crippen LogP contribution in [0, 0.1) is 0 Å². The monoisotopic (exact) mass is 182 g/mol. The minimum Gasteiger partial charge on any atom is -0.422 e. The molecular formula is C7H10N4O2. The van der Waals surface area contributed by atoms with Crippen LogP contribution < -0.4 is 11.1 Å². The van der Waals surface area contributed by atoms with Gasteiger partial charge in [0.2, 0.25) is 0 Å². The molecule has 0 saturated heterocycles. The van der Waals surface area contributed by atoms with E-state index in [9.17, 15) is 0 Å². The van der Waals surface area contributed by atoms with E-state index in [2.05, 4.69) is 15.3 Å². The summed E-state index contributed by atoms with van der Waals surface area (Å²) in [5.41, 5.74) is 6.55. The van der Waals surface area contributed by atoms with Crippen molar-refractivity contribution in [2.45, 2.75) is 0 Å². The van der Waals surface area contributed by atoms with E-state index >= 15 is 0 Å². The zero-order valence-electron chi connectivity index (χ0n) is 6.87. The molecule has 0 aliphatic rings. The van der Waals surface area contributed by atoms with Crippen molar-refractivity contribution in [2.24, 2.45) is 0 Å². The first kappa shape index (κ1) is 7.93. The molecule has 0 atom stereocenters. The van der Waals surface area contributed by atoms with E-state index in [0.29, 0.717) is 17.8 Å². The van der Waals surface area contributed by atoms with Gasteiger partial charge in [-0.1, -0.05) is 0 Å². The van der Waals surface area contributed by atoms with Gasteiger partial charge in [0, 0.05) is 12.6 Å². The number of nitrogen functional groups attached to an aromatic ring is 1. The van der Waals surface area contributed by atoms with Crippen LogP contribution >= 0.6 is 0 Å². The van der Waals surface area contributed by atoms with Crippen LogP contribution in [0.25, 0.3) is 11.2 Å². The Morgan fingerprint density at radius 3 is 3.23 bits per heavy atom. The molecule has 2 aromatic rings. The molecule has 5 N–H and O–H groups in total. The number of H-pyrrole nitrogens is 1. The second-order valence-corrected chi connectivity index (χ2v) is 2.60. The van der Waals surface area contributed by atoms with E-state index in [4.69, 9.17) is 15.3 Å². The van der Waals surface area contributed by atoms with Gasteiger partial charge >= 0.3 is 0 Å². The van der Waals surface area contributed by atoms with Crippen LogP contribution in [0.2, 0.25) is 0 Å². The number of fused-ring (bicyclic) bond motifs is 1. The quantitative estimate of drug-likeness (QED) is 0.541. The molecule has 0 saturated carbocycles. The number of hydrogen-bond acceptors (Lipinski definition) is 5. The normalized spacial score (nSPS) is 10.8. The third-order valence-electron chi connectivity index (χ3n) is 1.63. The number of oxazole rings is 1. The minimum absolute atomic E-state index is 0.0793. The van der Waals surface area contributed by atoms with E-state index in [1.165, 1.54) is 0 Å². The summed E-state index contributed by atoms with van der Waals surface area (Å²) in [7, 11) is 0. The molecule has 0 aliphatic heterocycles. The van der Waals surface area contributed by atoms with Crippen molar-refractivity contribution in [3.05, 3.63) is 6.07 Å². The smallest absolute Gasteiger partial charge is 0.294 e. The van der Waals surface area contributed by atoms with Crippen molar-refractivity contribution in [3.8, 4) is 0 Å². The van der Waals surface area contributed by atoms with Crippen LogP contribution in [-0.2, 0) is 0 Å². The van der Waals surface area contributed by atoms with E-state index in [0.717, 1.165) is 5.82 Å². The third kappa shape index (κ3) is 1.43. The van der Waals surface area contributed by atoms with Crippen LogP contribution in [0.4, 0.5) is 11.8 Å². The zero-order chi connectivity index (χ0) is 9.26. The lowest BCUT2D eigenvalue weighted by molar-refractivity contribution is 0.311. The molecule has 2 heterocycles. The van der Waals surface area contributed by atoms with Crippen molar-refractivity contribution < 1.29 is 9.52 Å². The predicted octanol–water partition coefficient (Wildman–Crippen LogP) is 0.142. The van der Waals surface area contributed by atoms with E-state index in [1.54, 1.807) is 6.07 Å². The fourth-order valence-corrected chi connectivity index (χ4v) is 1.12. The largest absolute Gasteiger partial charge is 0.422 e. The third-order valence-corrected chi connectivity index (χ3v) is 1.63. The Morgan fingerprint density at radius 1 is 1.69 bits per heavy atom. The summed E-state index contributed by atoms with van der Waals surface area (Å²) in [6, 6.07) is 1.89. The van der Waals surface area contributed by atoms with Gasteiger partial charge in [-0.3, -0.25) is 0 Å². The van der Waals surface area contributed by atoms with Crippen molar-refractivity contribution in [2.75, 3.05) is 24.2 Å². The second kappa shape index (κ2) is 2.98. The first-order chi connectivity index (χ1) is 6.29. The topological polar surface area (TPSA) is 100 Å². The van der Waals surface area contributed by atoms with Crippen molar-refractivity contribution >= 4 is 23.1 Å². The molecular weight excluding hydrogens is 172 g/mol. The van der Waals surface area contributed by atoms with Gasteiger partial charge < -0.3 is 25.6 Å². The van der Waals surface area contributed by atoms with E-state index in [-0.39, 0.29) is 12.6 Å². The number of nitrogens with one attached hydrogen (secondary N) is 2. The summed E-state index contributed by atoms with van der Waals surface area (Å²) >= 11 is 0. The van der Waals surface area contributed by atoms with Gasteiger partial charge in [0.25, 0.3) is 6.01 Å². The Labute approximate surface area is 73.8 Å². The number of aromatic nitrogens is 2. The summed E-state index contributed by atoms with van der Waals surface area (Å²) in [6.07, 6.45) is 0. The Balaban J connectivity index is 2.24. The Bertz CT molecular complexity index is 374. The standard InChI is InChI=1S/C7H10N4O2/c8-7-11-6-4(13-7)3-5(10-6)9-1-2-12/h3,9-10,12H,1-2H2,(H2,8,11). The summed E-state index contributed by atoms with van der Waals surface area (Å²) in [6.45, 7) is 0.564. The van der Waals surface area contributed by atoms with Crippen molar-refractivity contribution in [3.63, 3.8) is 0 Å². The molecule has 0 aromatic carbocycles. The molecule has 0 amide bonds. The summed E-state index contributed by atoms with van der Waals surface area (Å²) in [5, 5.41) is 11.5. The molecule has 0 radical (unpaired) electrons. The van der Waals surface area contributed by atoms with Crippen LogP contribution in [0.1, 0.15) is 0 Å². The highest BCUT2D eigenvalue weighted by Gasteiger charge is 2.06. The molecule has 0 spiro atoms. The maximum Gasteiger partial charge on any atom is 0.294 e. The van der Waals surface area contributed by atoms with Gasteiger partial charge in [-0.15, -0.1) is 0 Å². The van der Waals surface area contributed by atoms with Gasteiger partial charge in [-0.25, -0.2) is 0 Å². The molecule has 0 fully saturated rings. The van der Waals surface area contributed by atoms with Gasteiger partial charge in [-0.2, -0.15) is 4.98 Å². The minimum atomic E-state index is 0.0793. The number of rotatable bonds is 3. The molecule has 2 aromatic heterocycles. The number of aliphatic hydroxyl groups is 1. The zero-order valence-corrected chi connectivity index (χ0v) is 6.87. The number of anilines is 2. The van der Waals surface area contributed by atoms with E-state index in [1.807, 2.05) is 0 Å². The average molecular weight is 182 g/mol. The molecule has 0 bridgehead atoms. The summed E-state index contributed by atoms with van der Waals surface area (Å²) in [5.74, 6) is 0.760. The number of nitrogens with zero attached hydrogens (tertiary/aromatic N) is 1. The van der Waals surface area contributed by atoms with Crippen LogP contribution in [-0.4, -0.2) is 28.2 Å². The molecule has 70 valence electrons. The molecule has 0 unspecified atom stereocenters. The highest BCUT2D eigenvalue weighted by molar-refractivity contribution is 5.76. The van der Waals surface area contributed by atoms with E-state index < -0.39 is 0 Å². The lowest BCUT2D eigenvalue weighted by atomic mass is 10.5. The maximum absolute atomic E-state index is 8.56. The number of aliphatic hydroxyl groups excluding tert-OH is 1. The average Bonchev–Trinajstić information content (AvgIpc) is 2.57. The summed E-state index contributed by atoms with van der Waals surface area (Å²) in [4.78, 5) is 6.84. The highest BCUT2D eigenvalue weighted by Crippen LogP contribution is 2.19. The number of nitrogens with two attached hydrogens (primary N) is 1.